The number of esters is 1. The lowest BCUT2D eigenvalue weighted by atomic mass is 9.68. The van der Waals surface area contributed by atoms with E-state index in [-0.39, 0.29) is 41.1 Å². The van der Waals surface area contributed by atoms with Gasteiger partial charge in [-0.2, -0.15) is 0 Å². The Morgan fingerprint density at radius 2 is 1.76 bits per heavy atom. The fraction of sp³-hybridized carbons (Fsp3) is 0.265. The smallest absolute Gasteiger partial charge is 0.344 e. The molecule has 0 amide bonds. The first kappa shape index (κ1) is 28.8. The number of nitrogens with one attached hydrogen (secondary N) is 1. The van der Waals surface area contributed by atoms with Crippen molar-refractivity contribution in [2.24, 2.45) is 5.41 Å². The number of halogens is 1. The van der Waals surface area contributed by atoms with Gasteiger partial charge < -0.3 is 38.8 Å². The number of rotatable bonds is 5. The lowest BCUT2D eigenvalue weighted by Gasteiger charge is -2.40. The molecule has 1 aliphatic carbocycles. The van der Waals surface area contributed by atoms with Crippen molar-refractivity contribution in [3.63, 3.8) is 0 Å². The molecule has 1 aliphatic heterocycles. The van der Waals surface area contributed by atoms with Crippen LogP contribution in [0.3, 0.4) is 0 Å². The van der Waals surface area contributed by atoms with E-state index in [0.717, 1.165) is 51.8 Å². The number of Topliss-reactive ketones (excluding diaryl/α,β-unsaturated/α-hetero) is 1. The Morgan fingerprint density at radius 1 is 1.00 bits per heavy atom. The molecule has 210 valence electrons. The summed E-state index contributed by atoms with van der Waals surface area (Å²) in [5.41, 5.74) is 5.13. The fourth-order valence-electron chi connectivity index (χ4n) is 6.05. The van der Waals surface area contributed by atoms with E-state index < -0.39 is 5.97 Å². The summed E-state index contributed by atoms with van der Waals surface area (Å²) in [6, 6.07) is 21.6. The number of fused-ring (bicyclic) bond motifs is 3. The molecule has 3 aromatic carbocycles. The first-order valence-corrected chi connectivity index (χ1v) is 13.7. The average Bonchev–Trinajstić information content (AvgIpc) is 2.95. The van der Waals surface area contributed by atoms with Crippen LogP contribution in [0.25, 0.3) is 10.8 Å². The third-order valence-corrected chi connectivity index (χ3v) is 7.97. The molecule has 0 radical (unpaired) electrons. The molecule has 0 saturated heterocycles. The van der Waals surface area contributed by atoms with Crippen LogP contribution in [0.4, 0.5) is 5.69 Å². The highest BCUT2D eigenvalue weighted by Crippen LogP contribution is 2.51. The van der Waals surface area contributed by atoms with E-state index in [2.05, 4.69) is 43.4 Å². The van der Waals surface area contributed by atoms with Crippen LogP contribution >= 0.6 is 0 Å². The van der Waals surface area contributed by atoms with Crippen molar-refractivity contribution >= 4 is 28.2 Å². The summed E-state index contributed by atoms with van der Waals surface area (Å²) in [5, 5.41) is 5.84. The number of hydrogen-bond donors (Lipinski definition) is 1. The molecule has 41 heavy (non-hydrogen) atoms. The number of anilines is 1. The molecule has 1 aromatic heterocycles. The summed E-state index contributed by atoms with van der Waals surface area (Å²) >= 11 is 0. The number of aromatic nitrogens is 1. The molecular weight excluding hydrogens is 627 g/mol. The number of hydrogen-bond acceptors (Lipinski definition) is 5. The van der Waals surface area contributed by atoms with Gasteiger partial charge >= 0.3 is 5.97 Å². The fourth-order valence-corrected chi connectivity index (χ4v) is 6.05. The molecule has 2 aliphatic rings. The Hall–Kier alpha value is -3.72. The number of carbonyl (C=O) groups excluding carboxylic acids is 2. The van der Waals surface area contributed by atoms with Crippen molar-refractivity contribution in [2.45, 2.75) is 46.1 Å². The number of benzene rings is 3. The van der Waals surface area contributed by atoms with Crippen LogP contribution in [0.2, 0.25) is 0 Å². The predicted molar refractivity (Wildman–Crippen MR) is 155 cm³/mol. The highest BCUT2D eigenvalue weighted by Gasteiger charge is 2.41. The zero-order valence-electron chi connectivity index (χ0n) is 23.7. The third kappa shape index (κ3) is 5.35. The van der Waals surface area contributed by atoms with E-state index in [1.54, 1.807) is 25.3 Å². The molecule has 1 unspecified atom stereocenters. The number of ether oxygens (including phenoxy) is 2. The summed E-state index contributed by atoms with van der Waals surface area (Å²) in [6.07, 6.45) is 4.98. The summed E-state index contributed by atoms with van der Waals surface area (Å²) in [4.78, 5) is 26.7. The summed E-state index contributed by atoms with van der Waals surface area (Å²) in [6.45, 7) is 7.14. The second-order valence-corrected chi connectivity index (χ2v) is 11.4. The lowest BCUT2D eigenvalue weighted by molar-refractivity contribution is -0.693. The van der Waals surface area contributed by atoms with Gasteiger partial charge in [-0.25, -0.2) is 9.36 Å². The maximum atomic E-state index is 13.7. The van der Waals surface area contributed by atoms with Gasteiger partial charge in [-0.1, -0.05) is 50.2 Å². The van der Waals surface area contributed by atoms with E-state index in [9.17, 15) is 9.59 Å². The van der Waals surface area contributed by atoms with Gasteiger partial charge in [0.25, 0.3) is 0 Å². The van der Waals surface area contributed by atoms with Gasteiger partial charge in [-0.15, -0.1) is 0 Å². The maximum absolute atomic E-state index is 13.7. The minimum atomic E-state index is -0.456. The van der Waals surface area contributed by atoms with E-state index >= 15 is 0 Å². The van der Waals surface area contributed by atoms with E-state index in [4.69, 9.17) is 9.47 Å². The molecule has 4 aromatic rings. The van der Waals surface area contributed by atoms with Crippen LogP contribution < -0.4 is 43.3 Å². The normalized spacial score (nSPS) is 17.2. The van der Waals surface area contributed by atoms with Crippen LogP contribution in [-0.4, -0.2) is 18.9 Å². The first-order chi connectivity index (χ1) is 19.3. The number of allylic oxidation sites excluding steroid dienone is 2. The highest BCUT2D eigenvalue weighted by atomic mass is 127. The molecule has 1 atom stereocenters. The molecule has 7 heteroatoms. The van der Waals surface area contributed by atoms with E-state index in [1.165, 1.54) is 0 Å². The first-order valence-electron chi connectivity index (χ1n) is 13.7. The topological polar surface area (TPSA) is 68.5 Å². The van der Waals surface area contributed by atoms with Crippen molar-refractivity contribution in [1.29, 1.82) is 0 Å². The van der Waals surface area contributed by atoms with Crippen molar-refractivity contribution in [2.75, 3.05) is 12.4 Å². The number of pyridine rings is 1. The van der Waals surface area contributed by atoms with Gasteiger partial charge in [0.2, 0.25) is 0 Å². The molecule has 6 nitrogen and oxygen atoms in total. The van der Waals surface area contributed by atoms with Crippen LogP contribution in [0.5, 0.6) is 11.5 Å². The zero-order valence-corrected chi connectivity index (χ0v) is 25.8. The Morgan fingerprint density at radius 3 is 2.49 bits per heavy atom. The quantitative estimate of drug-likeness (QED) is 0.154. The van der Waals surface area contributed by atoms with Crippen molar-refractivity contribution in [3.05, 3.63) is 107 Å². The summed E-state index contributed by atoms with van der Waals surface area (Å²) < 4.78 is 13.5. The summed E-state index contributed by atoms with van der Waals surface area (Å²) in [7, 11) is 1.56. The molecular formula is C34H33IN2O4. The van der Waals surface area contributed by atoms with E-state index in [0.29, 0.717) is 23.5 Å². The molecule has 1 N–H and O–H groups in total. The van der Waals surface area contributed by atoms with Crippen molar-refractivity contribution < 1.29 is 47.6 Å². The predicted octanol–water partition coefficient (Wildman–Crippen LogP) is 3.58. The molecule has 0 fully saturated rings. The molecule has 0 saturated carbocycles. The Bertz CT molecular complexity index is 1690. The molecule has 0 spiro atoms. The Labute approximate surface area is 257 Å². The number of aryl methyl sites for hydroxylation is 1. The van der Waals surface area contributed by atoms with Gasteiger partial charge in [0.05, 0.1) is 12.7 Å². The third-order valence-electron chi connectivity index (χ3n) is 7.97. The second-order valence-electron chi connectivity index (χ2n) is 11.4. The van der Waals surface area contributed by atoms with Crippen LogP contribution in [0.1, 0.15) is 61.0 Å². The van der Waals surface area contributed by atoms with Gasteiger partial charge in [-0.3, -0.25) is 4.79 Å². The second kappa shape index (κ2) is 11.3. The zero-order chi connectivity index (χ0) is 28.0. The van der Waals surface area contributed by atoms with Crippen LogP contribution in [0, 0.1) is 5.41 Å². The molecule has 0 bridgehead atoms. The average molecular weight is 661 g/mol. The summed E-state index contributed by atoms with van der Waals surface area (Å²) in [5.74, 6) is 0.197. The highest BCUT2D eigenvalue weighted by molar-refractivity contribution is 6.04. The van der Waals surface area contributed by atoms with Gasteiger partial charge in [0.1, 0.15) is 6.54 Å². The number of nitrogens with zero attached hydrogens (tertiary/aromatic N) is 1. The van der Waals surface area contributed by atoms with Gasteiger partial charge in [0.15, 0.2) is 29.7 Å². The van der Waals surface area contributed by atoms with Gasteiger partial charge in [0, 0.05) is 41.4 Å². The van der Waals surface area contributed by atoms with Crippen LogP contribution in [0.15, 0.2) is 90.4 Å². The number of ketones is 1. The molecule has 2 heterocycles. The largest absolute Gasteiger partial charge is 1.00 e. The molecule has 6 rings (SSSR count). The number of methoxy groups -OCH3 is 1. The standard InChI is InChI=1S/C34H32N2O4.HI/c1-5-36-16-14-22(15-17-36)33(38)40-28-13-11-23(18-29(28)39-4)30-31-24-9-7-6-8-21(24)10-12-25(31)35-26-19-34(2,3)20-27(37)32(26)30;/h6-18,30H,5,19-20H2,1-4H3;1H. The van der Waals surface area contributed by atoms with Crippen LogP contribution in [-0.2, 0) is 11.3 Å². The minimum absolute atomic E-state index is 0. The lowest BCUT2D eigenvalue weighted by Crippen LogP contribution is -3.00. The SMILES string of the molecule is CC[n+]1ccc(C(=O)Oc2ccc(C3C4=C(CC(C)(C)CC4=O)Nc4ccc5ccccc5c43)cc2OC)cc1.[I-]. The van der Waals surface area contributed by atoms with Crippen molar-refractivity contribution in [1.82, 2.24) is 0 Å². The monoisotopic (exact) mass is 660 g/mol. The van der Waals surface area contributed by atoms with Gasteiger partial charge in [-0.05, 0) is 58.9 Å². The number of carbonyl (C=O) groups is 2. The maximum Gasteiger partial charge on any atom is 0.344 e. The Balaban J connectivity index is 0.00000337. The van der Waals surface area contributed by atoms with Crippen molar-refractivity contribution in [3.8, 4) is 11.5 Å². The Kier molecular flexibility index (Phi) is 7.92. The van der Waals surface area contributed by atoms with E-state index in [1.807, 2.05) is 48.1 Å². The minimum Gasteiger partial charge on any atom is -1.00 e.